The predicted octanol–water partition coefficient (Wildman–Crippen LogP) is 2.12. The van der Waals surface area contributed by atoms with Gasteiger partial charge in [-0.15, -0.1) is 0 Å². The summed E-state index contributed by atoms with van der Waals surface area (Å²) < 4.78 is 83.8. The second-order valence-corrected chi connectivity index (χ2v) is 9.12. The highest BCUT2D eigenvalue weighted by molar-refractivity contribution is 5.81. The van der Waals surface area contributed by atoms with Crippen LogP contribution in [0, 0.1) is 0 Å². The number of pyridine rings is 1. The molecule has 212 valence electrons. The highest BCUT2D eigenvalue weighted by Gasteiger charge is 2.38. The average Bonchev–Trinajstić information content (AvgIpc) is 2.86. The zero-order valence-corrected chi connectivity index (χ0v) is 20.4. The number of aliphatic hydroxyl groups excluding tert-OH is 1. The van der Waals surface area contributed by atoms with Crippen LogP contribution >= 0.6 is 0 Å². The summed E-state index contributed by atoms with van der Waals surface area (Å²) in [5.41, 5.74) is -3.92. The van der Waals surface area contributed by atoms with E-state index in [0.717, 1.165) is 18.5 Å². The van der Waals surface area contributed by atoms with Gasteiger partial charge >= 0.3 is 12.4 Å². The monoisotopic (exact) mass is 562 g/mol. The van der Waals surface area contributed by atoms with Gasteiger partial charge in [0.15, 0.2) is 6.10 Å². The summed E-state index contributed by atoms with van der Waals surface area (Å²) in [7, 11) is 0. The van der Waals surface area contributed by atoms with Gasteiger partial charge in [0.05, 0.1) is 36.7 Å². The van der Waals surface area contributed by atoms with Crippen molar-refractivity contribution >= 4 is 23.5 Å². The molecule has 1 amide bonds. The van der Waals surface area contributed by atoms with Crippen LogP contribution in [0.5, 0.6) is 0 Å². The standard InChI is InChI=1S/C23H24F6N6O4/c1-12(32-16-8-31-33-20(37)18(16)23(27,28)29)10-39-11-17(36)21(38)34-4-5-35-15(9-34)3-2-13-6-14(22(24,25)26)7-30-19(13)35/h2-3,6-8,12,15,17,36H,4-5,9-11H2,1H3,(H2,32,33,37)/t12-,15+,17+/m0/s1. The smallest absolute Gasteiger partial charge is 0.381 e. The first-order valence-electron chi connectivity index (χ1n) is 11.7. The molecule has 0 aromatic carbocycles. The lowest BCUT2D eigenvalue weighted by atomic mass is 10.0. The lowest BCUT2D eigenvalue weighted by Crippen LogP contribution is -2.57. The quantitative estimate of drug-likeness (QED) is 0.439. The Morgan fingerprint density at radius 2 is 1.95 bits per heavy atom. The number of fused-ring (bicyclic) bond motifs is 3. The number of piperazine rings is 1. The first kappa shape index (κ1) is 28.4. The van der Waals surface area contributed by atoms with Gasteiger partial charge in [0, 0.05) is 37.4 Å². The SMILES string of the molecule is C[C@@H](COC[C@@H](O)C(=O)N1CCN2c3ncc(C(F)(F)F)cc3C=C[C@@H]2C1)Nc1cn[nH]c(=O)c1C(F)(F)F. The van der Waals surface area contributed by atoms with Crippen LogP contribution in [-0.2, 0) is 21.9 Å². The molecule has 0 bridgehead atoms. The molecule has 2 aromatic rings. The van der Waals surface area contributed by atoms with Crippen LogP contribution in [0.2, 0.25) is 0 Å². The van der Waals surface area contributed by atoms with E-state index in [-0.39, 0.29) is 32.3 Å². The van der Waals surface area contributed by atoms with Gasteiger partial charge < -0.3 is 25.0 Å². The Bertz CT molecular complexity index is 1300. The van der Waals surface area contributed by atoms with Crippen molar-refractivity contribution in [3.63, 3.8) is 0 Å². The first-order chi connectivity index (χ1) is 18.3. The number of carbonyl (C=O) groups is 1. The van der Waals surface area contributed by atoms with Gasteiger partial charge in [0.25, 0.3) is 11.5 Å². The van der Waals surface area contributed by atoms with Crippen LogP contribution in [0.3, 0.4) is 0 Å². The lowest BCUT2D eigenvalue weighted by Gasteiger charge is -2.43. The van der Waals surface area contributed by atoms with Crippen LogP contribution in [0.15, 0.2) is 29.3 Å². The molecule has 2 aromatic heterocycles. The normalized spacial score (nSPS) is 18.8. The molecule has 0 aliphatic carbocycles. The van der Waals surface area contributed by atoms with Gasteiger partial charge in [0.2, 0.25) is 0 Å². The van der Waals surface area contributed by atoms with Crippen molar-refractivity contribution in [2.24, 2.45) is 0 Å². The maximum atomic E-state index is 13.2. The summed E-state index contributed by atoms with van der Waals surface area (Å²) in [6.45, 7) is 1.45. The molecule has 3 N–H and O–H groups in total. The number of anilines is 2. The molecule has 2 aliphatic heterocycles. The third-order valence-electron chi connectivity index (χ3n) is 6.19. The fourth-order valence-electron chi connectivity index (χ4n) is 4.38. The molecular formula is C23H24F6N6O4. The van der Waals surface area contributed by atoms with E-state index in [4.69, 9.17) is 4.74 Å². The topological polar surface area (TPSA) is 124 Å². The van der Waals surface area contributed by atoms with Crippen molar-refractivity contribution in [3.05, 3.63) is 51.6 Å². The van der Waals surface area contributed by atoms with Gasteiger partial charge in [0.1, 0.15) is 11.4 Å². The number of ether oxygens (including phenoxy) is 1. The molecule has 4 rings (SSSR count). The number of aliphatic hydroxyl groups is 1. The van der Waals surface area contributed by atoms with Crippen LogP contribution < -0.4 is 15.8 Å². The van der Waals surface area contributed by atoms with Gasteiger partial charge in [-0.1, -0.05) is 12.2 Å². The maximum absolute atomic E-state index is 13.2. The number of H-pyrrole nitrogens is 1. The molecule has 10 nitrogen and oxygen atoms in total. The van der Waals surface area contributed by atoms with Gasteiger partial charge in [-0.3, -0.25) is 9.59 Å². The maximum Gasteiger partial charge on any atom is 0.423 e. The Hall–Kier alpha value is -3.66. The Labute approximate surface area is 217 Å². The van der Waals surface area contributed by atoms with Crippen molar-refractivity contribution in [2.45, 2.75) is 37.5 Å². The second kappa shape index (κ2) is 10.8. The average molecular weight is 562 g/mol. The number of amides is 1. The summed E-state index contributed by atoms with van der Waals surface area (Å²) in [5, 5.41) is 17.9. The second-order valence-electron chi connectivity index (χ2n) is 9.12. The first-order valence-corrected chi connectivity index (χ1v) is 11.7. The van der Waals surface area contributed by atoms with E-state index < -0.39 is 59.4 Å². The number of hydrogen-bond acceptors (Lipinski definition) is 8. The minimum atomic E-state index is -4.91. The number of halogens is 6. The molecule has 0 radical (unpaired) electrons. The fraction of sp³-hybridized carbons (Fsp3) is 0.478. The summed E-state index contributed by atoms with van der Waals surface area (Å²) >= 11 is 0. The highest BCUT2D eigenvalue weighted by atomic mass is 19.4. The number of hydrogen-bond donors (Lipinski definition) is 3. The molecule has 1 fully saturated rings. The number of alkyl halides is 6. The largest absolute Gasteiger partial charge is 0.423 e. The molecule has 39 heavy (non-hydrogen) atoms. The number of rotatable bonds is 7. The van der Waals surface area contributed by atoms with E-state index in [9.17, 15) is 41.0 Å². The zero-order chi connectivity index (χ0) is 28.5. The van der Waals surface area contributed by atoms with Crippen molar-refractivity contribution < 1.29 is 41.0 Å². The number of aromatic amines is 1. The number of nitrogens with one attached hydrogen (secondary N) is 2. The summed E-state index contributed by atoms with van der Waals surface area (Å²) in [5.74, 6) is -0.259. The molecule has 0 unspecified atom stereocenters. The zero-order valence-electron chi connectivity index (χ0n) is 20.4. The summed E-state index contributed by atoms with van der Waals surface area (Å²) in [6, 6.07) is -0.0830. The molecule has 3 atom stereocenters. The van der Waals surface area contributed by atoms with Crippen LogP contribution in [-0.4, -0.2) is 82.1 Å². The molecule has 0 saturated carbocycles. The van der Waals surface area contributed by atoms with Crippen LogP contribution in [0.4, 0.5) is 37.8 Å². The van der Waals surface area contributed by atoms with Crippen molar-refractivity contribution in [2.75, 3.05) is 43.1 Å². The van der Waals surface area contributed by atoms with Gasteiger partial charge in [-0.05, 0) is 13.0 Å². The molecule has 1 saturated heterocycles. The van der Waals surface area contributed by atoms with E-state index in [2.05, 4.69) is 15.4 Å². The third kappa shape index (κ3) is 6.33. The summed E-state index contributed by atoms with van der Waals surface area (Å²) in [6.07, 6.45) is -6.22. The fourth-order valence-corrected chi connectivity index (χ4v) is 4.38. The molecule has 16 heteroatoms. The van der Waals surface area contributed by atoms with E-state index in [0.29, 0.717) is 11.4 Å². The Kier molecular flexibility index (Phi) is 7.88. The predicted molar refractivity (Wildman–Crippen MR) is 126 cm³/mol. The van der Waals surface area contributed by atoms with E-state index in [1.165, 1.54) is 17.9 Å². The Morgan fingerprint density at radius 3 is 2.64 bits per heavy atom. The number of nitrogens with zero attached hydrogens (tertiary/aromatic N) is 4. The Morgan fingerprint density at radius 1 is 1.21 bits per heavy atom. The number of carbonyl (C=O) groups excluding carboxylic acids is 1. The molecule has 2 aliphatic rings. The molecule has 4 heterocycles. The summed E-state index contributed by atoms with van der Waals surface area (Å²) in [4.78, 5) is 31.5. The van der Waals surface area contributed by atoms with Gasteiger partial charge in [-0.25, -0.2) is 10.1 Å². The highest BCUT2D eigenvalue weighted by Crippen LogP contribution is 2.35. The molecular weight excluding hydrogens is 538 g/mol. The molecule has 0 spiro atoms. The van der Waals surface area contributed by atoms with E-state index in [1.54, 1.807) is 16.1 Å². The van der Waals surface area contributed by atoms with Crippen molar-refractivity contribution in [1.82, 2.24) is 20.1 Å². The van der Waals surface area contributed by atoms with Gasteiger partial charge in [-0.2, -0.15) is 31.4 Å². The van der Waals surface area contributed by atoms with Crippen LogP contribution in [0.25, 0.3) is 6.08 Å². The number of aromatic nitrogens is 3. The van der Waals surface area contributed by atoms with E-state index >= 15 is 0 Å². The minimum Gasteiger partial charge on any atom is -0.381 e. The lowest BCUT2D eigenvalue weighted by molar-refractivity contribution is -0.144. The minimum absolute atomic E-state index is 0.155. The Balaban J connectivity index is 1.29. The van der Waals surface area contributed by atoms with E-state index in [1.807, 2.05) is 0 Å². The van der Waals surface area contributed by atoms with Crippen molar-refractivity contribution in [1.29, 1.82) is 0 Å². The van der Waals surface area contributed by atoms with Crippen molar-refractivity contribution in [3.8, 4) is 0 Å². The van der Waals surface area contributed by atoms with Crippen LogP contribution in [0.1, 0.15) is 23.6 Å². The third-order valence-corrected chi connectivity index (χ3v) is 6.19.